The number of hydrogen-bond acceptors (Lipinski definition) is 7. The minimum atomic E-state index is -1.40. The van der Waals surface area contributed by atoms with E-state index in [1.807, 2.05) is 0 Å². The zero-order chi connectivity index (χ0) is 11.4. The van der Waals surface area contributed by atoms with Gasteiger partial charge in [-0.2, -0.15) is 0 Å². The molecule has 0 saturated carbocycles. The highest BCUT2D eigenvalue weighted by atomic mass is 16.7. The molecule has 1 rings (SSSR count). The van der Waals surface area contributed by atoms with Gasteiger partial charge in [-0.3, -0.25) is 0 Å². The van der Waals surface area contributed by atoms with Crippen LogP contribution in [0.2, 0.25) is 0 Å². The molecule has 1 aliphatic heterocycles. The number of aliphatic hydroxyl groups excluding tert-OH is 4. The smallest absolute Gasteiger partial charge is 0.186 e. The van der Waals surface area contributed by atoms with Gasteiger partial charge in [0.25, 0.3) is 0 Å². The Kier molecular flexibility index (Phi) is 4.87. The SMILES string of the molecule is NCCO[C@H]1OC(CO)[C@@H](O)C(O)C1O. The molecule has 15 heavy (non-hydrogen) atoms. The van der Waals surface area contributed by atoms with Crippen molar-refractivity contribution in [3.05, 3.63) is 0 Å². The summed E-state index contributed by atoms with van der Waals surface area (Å²) in [6, 6.07) is 0. The van der Waals surface area contributed by atoms with Crippen molar-refractivity contribution in [1.82, 2.24) is 0 Å². The molecule has 0 aliphatic carbocycles. The Hall–Kier alpha value is -0.280. The van der Waals surface area contributed by atoms with E-state index in [1.165, 1.54) is 0 Å². The third-order valence-corrected chi connectivity index (χ3v) is 2.25. The molecule has 0 amide bonds. The molecule has 1 fully saturated rings. The van der Waals surface area contributed by atoms with Gasteiger partial charge in [0.1, 0.15) is 24.4 Å². The van der Waals surface area contributed by atoms with E-state index in [4.69, 9.17) is 20.3 Å². The first-order chi connectivity index (χ1) is 7.11. The predicted molar refractivity (Wildman–Crippen MR) is 48.8 cm³/mol. The van der Waals surface area contributed by atoms with Gasteiger partial charge < -0.3 is 35.6 Å². The van der Waals surface area contributed by atoms with E-state index in [0.717, 1.165) is 0 Å². The minimum Gasteiger partial charge on any atom is -0.394 e. The van der Waals surface area contributed by atoms with E-state index in [9.17, 15) is 15.3 Å². The van der Waals surface area contributed by atoms with E-state index >= 15 is 0 Å². The van der Waals surface area contributed by atoms with Crippen LogP contribution in [0.15, 0.2) is 0 Å². The van der Waals surface area contributed by atoms with E-state index in [2.05, 4.69) is 0 Å². The monoisotopic (exact) mass is 223 g/mol. The molecular formula is C8H17NO6. The Morgan fingerprint density at radius 1 is 1.13 bits per heavy atom. The van der Waals surface area contributed by atoms with Gasteiger partial charge in [-0.05, 0) is 0 Å². The Bertz CT molecular complexity index is 190. The molecule has 3 unspecified atom stereocenters. The molecule has 0 aromatic heterocycles. The summed E-state index contributed by atoms with van der Waals surface area (Å²) in [6.07, 6.45) is -6.13. The summed E-state index contributed by atoms with van der Waals surface area (Å²) in [5.41, 5.74) is 5.20. The molecule has 0 aromatic carbocycles. The molecule has 7 heteroatoms. The zero-order valence-corrected chi connectivity index (χ0v) is 8.19. The van der Waals surface area contributed by atoms with Gasteiger partial charge in [0.15, 0.2) is 6.29 Å². The number of rotatable bonds is 4. The average Bonchev–Trinajstić information content (AvgIpc) is 2.25. The van der Waals surface area contributed by atoms with Crippen molar-refractivity contribution in [3.63, 3.8) is 0 Å². The summed E-state index contributed by atoms with van der Waals surface area (Å²) in [5, 5.41) is 37.1. The van der Waals surface area contributed by atoms with E-state index < -0.39 is 37.3 Å². The second kappa shape index (κ2) is 5.71. The highest BCUT2D eigenvalue weighted by Gasteiger charge is 2.43. The van der Waals surface area contributed by atoms with Crippen LogP contribution in [0.4, 0.5) is 0 Å². The van der Waals surface area contributed by atoms with Gasteiger partial charge in [-0.15, -0.1) is 0 Å². The standard InChI is InChI=1S/C8H17NO6/c9-1-2-14-8-7(13)6(12)5(11)4(3-10)15-8/h4-8,10-13H,1-3,9H2/t4?,5-,6?,7?,8+/m1/s1. The summed E-state index contributed by atoms with van der Waals surface area (Å²) in [7, 11) is 0. The average molecular weight is 223 g/mol. The van der Waals surface area contributed by atoms with Gasteiger partial charge in [-0.25, -0.2) is 0 Å². The molecule has 1 aliphatic rings. The second-order valence-electron chi connectivity index (χ2n) is 3.36. The van der Waals surface area contributed by atoms with E-state index in [-0.39, 0.29) is 13.2 Å². The fourth-order valence-corrected chi connectivity index (χ4v) is 1.39. The lowest BCUT2D eigenvalue weighted by Crippen LogP contribution is -2.59. The fraction of sp³-hybridized carbons (Fsp3) is 1.00. The van der Waals surface area contributed by atoms with Crippen LogP contribution in [0.5, 0.6) is 0 Å². The van der Waals surface area contributed by atoms with Crippen molar-refractivity contribution in [2.24, 2.45) is 5.73 Å². The van der Waals surface area contributed by atoms with Crippen LogP contribution in [0.25, 0.3) is 0 Å². The molecule has 1 saturated heterocycles. The predicted octanol–water partition coefficient (Wildman–Crippen LogP) is -3.24. The van der Waals surface area contributed by atoms with Crippen molar-refractivity contribution < 1.29 is 29.9 Å². The van der Waals surface area contributed by atoms with Crippen LogP contribution in [0, 0.1) is 0 Å². The highest BCUT2D eigenvalue weighted by molar-refractivity contribution is 4.88. The van der Waals surface area contributed by atoms with Gasteiger partial charge in [0, 0.05) is 6.54 Å². The zero-order valence-electron chi connectivity index (χ0n) is 8.19. The third-order valence-electron chi connectivity index (χ3n) is 2.25. The van der Waals surface area contributed by atoms with Gasteiger partial charge >= 0.3 is 0 Å². The first-order valence-electron chi connectivity index (χ1n) is 4.74. The normalized spacial score (nSPS) is 41.8. The summed E-state index contributed by atoms with van der Waals surface area (Å²) in [5.74, 6) is 0. The maximum atomic E-state index is 9.47. The van der Waals surface area contributed by atoms with Gasteiger partial charge in [0.05, 0.1) is 13.2 Å². The fourth-order valence-electron chi connectivity index (χ4n) is 1.39. The topological polar surface area (TPSA) is 125 Å². The Morgan fingerprint density at radius 3 is 2.33 bits per heavy atom. The Labute approximate surface area is 87.0 Å². The lowest BCUT2D eigenvalue weighted by Gasteiger charge is -2.39. The first-order valence-corrected chi connectivity index (χ1v) is 4.74. The maximum Gasteiger partial charge on any atom is 0.186 e. The van der Waals surface area contributed by atoms with Crippen LogP contribution in [0.3, 0.4) is 0 Å². The minimum absolute atomic E-state index is 0.155. The van der Waals surface area contributed by atoms with Crippen molar-refractivity contribution in [2.45, 2.75) is 30.7 Å². The summed E-state index contributed by atoms with van der Waals surface area (Å²) >= 11 is 0. The van der Waals surface area contributed by atoms with Crippen molar-refractivity contribution in [1.29, 1.82) is 0 Å². The Balaban J connectivity index is 2.57. The molecule has 0 aromatic rings. The molecule has 6 N–H and O–H groups in total. The van der Waals surface area contributed by atoms with Crippen molar-refractivity contribution in [2.75, 3.05) is 19.8 Å². The molecule has 7 nitrogen and oxygen atoms in total. The lowest BCUT2D eigenvalue weighted by molar-refractivity contribution is -0.300. The quantitative estimate of drug-likeness (QED) is 0.339. The van der Waals surface area contributed by atoms with Crippen LogP contribution in [0.1, 0.15) is 0 Å². The number of aliphatic hydroxyl groups is 4. The van der Waals surface area contributed by atoms with E-state index in [0.29, 0.717) is 0 Å². The number of hydrogen-bond donors (Lipinski definition) is 5. The summed E-state index contributed by atoms with van der Waals surface area (Å²) in [4.78, 5) is 0. The molecule has 5 atom stereocenters. The van der Waals surface area contributed by atoms with Crippen LogP contribution >= 0.6 is 0 Å². The van der Waals surface area contributed by atoms with Crippen LogP contribution in [-0.2, 0) is 9.47 Å². The lowest BCUT2D eigenvalue weighted by atomic mass is 9.99. The largest absolute Gasteiger partial charge is 0.394 e. The summed E-state index contributed by atoms with van der Waals surface area (Å²) in [6.45, 7) is -0.0643. The van der Waals surface area contributed by atoms with E-state index in [1.54, 1.807) is 0 Å². The maximum absolute atomic E-state index is 9.47. The summed E-state index contributed by atoms with van der Waals surface area (Å²) < 4.78 is 10.1. The number of nitrogens with two attached hydrogens (primary N) is 1. The van der Waals surface area contributed by atoms with Gasteiger partial charge in [-0.1, -0.05) is 0 Å². The second-order valence-corrected chi connectivity index (χ2v) is 3.36. The molecular weight excluding hydrogens is 206 g/mol. The molecule has 0 bridgehead atoms. The van der Waals surface area contributed by atoms with Crippen molar-refractivity contribution >= 4 is 0 Å². The first kappa shape index (κ1) is 12.8. The number of ether oxygens (including phenoxy) is 2. The van der Waals surface area contributed by atoms with Crippen LogP contribution < -0.4 is 5.73 Å². The highest BCUT2D eigenvalue weighted by Crippen LogP contribution is 2.21. The van der Waals surface area contributed by atoms with Gasteiger partial charge in [0.2, 0.25) is 0 Å². The van der Waals surface area contributed by atoms with Crippen LogP contribution in [-0.4, -0.2) is 70.9 Å². The molecule has 1 heterocycles. The molecule has 90 valence electrons. The third kappa shape index (κ3) is 2.85. The van der Waals surface area contributed by atoms with Crippen molar-refractivity contribution in [3.8, 4) is 0 Å². The molecule has 0 radical (unpaired) electrons. The Morgan fingerprint density at radius 2 is 1.80 bits per heavy atom. The molecule has 0 spiro atoms.